The van der Waals surface area contributed by atoms with Crippen LogP contribution in [0.5, 0.6) is 0 Å². The van der Waals surface area contributed by atoms with Crippen molar-refractivity contribution in [1.82, 2.24) is 9.80 Å². The molecular formula is C14H26ClN3O3. The van der Waals surface area contributed by atoms with Crippen molar-refractivity contribution in [3.8, 4) is 0 Å². The molecule has 2 unspecified atom stereocenters. The molecule has 2 aliphatic rings. The molecule has 7 heteroatoms. The first kappa shape index (κ1) is 18.2. The molecule has 2 N–H and O–H groups in total. The minimum Gasteiger partial charge on any atom is -0.383 e. The van der Waals surface area contributed by atoms with Gasteiger partial charge in [-0.25, -0.2) is 0 Å². The minimum absolute atomic E-state index is 0. The van der Waals surface area contributed by atoms with Gasteiger partial charge in [-0.3, -0.25) is 9.59 Å². The molecule has 2 aliphatic heterocycles. The SMILES string of the molecule is COCCN1CC(C(=O)N2CCC(C)(CN)C2)CC1=O.Cl. The molecule has 21 heavy (non-hydrogen) atoms. The lowest BCUT2D eigenvalue weighted by molar-refractivity contribution is -0.135. The summed E-state index contributed by atoms with van der Waals surface area (Å²) < 4.78 is 4.99. The lowest BCUT2D eigenvalue weighted by Gasteiger charge is -2.24. The Kier molecular flexibility index (Phi) is 6.43. The highest BCUT2D eigenvalue weighted by Crippen LogP contribution is 2.31. The van der Waals surface area contributed by atoms with E-state index in [0.717, 1.165) is 13.0 Å². The summed E-state index contributed by atoms with van der Waals surface area (Å²) in [5.41, 5.74) is 5.80. The van der Waals surface area contributed by atoms with Gasteiger partial charge in [0.05, 0.1) is 12.5 Å². The van der Waals surface area contributed by atoms with Crippen LogP contribution in [0.1, 0.15) is 19.8 Å². The molecule has 0 radical (unpaired) electrons. The van der Waals surface area contributed by atoms with E-state index in [-0.39, 0.29) is 35.6 Å². The van der Waals surface area contributed by atoms with Gasteiger partial charge in [-0.15, -0.1) is 12.4 Å². The maximum absolute atomic E-state index is 12.5. The van der Waals surface area contributed by atoms with E-state index >= 15 is 0 Å². The standard InChI is InChI=1S/C14H25N3O3.ClH/c1-14(9-15)3-4-17(10-14)13(19)11-7-12(18)16(8-11)5-6-20-2;/h11H,3-10,15H2,1-2H3;1H. The Morgan fingerprint density at radius 1 is 1.52 bits per heavy atom. The molecule has 0 spiro atoms. The monoisotopic (exact) mass is 319 g/mol. The van der Waals surface area contributed by atoms with Gasteiger partial charge in [0.1, 0.15) is 0 Å². The van der Waals surface area contributed by atoms with Crippen LogP contribution in [-0.4, -0.2) is 68.1 Å². The second kappa shape index (κ2) is 7.42. The van der Waals surface area contributed by atoms with Crippen molar-refractivity contribution in [1.29, 1.82) is 0 Å². The van der Waals surface area contributed by atoms with Crippen LogP contribution in [0.15, 0.2) is 0 Å². The van der Waals surface area contributed by atoms with Gasteiger partial charge in [-0.2, -0.15) is 0 Å². The van der Waals surface area contributed by atoms with Crippen molar-refractivity contribution in [3.05, 3.63) is 0 Å². The van der Waals surface area contributed by atoms with Crippen LogP contribution in [0.3, 0.4) is 0 Å². The highest BCUT2D eigenvalue weighted by Gasteiger charge is 2.41. The zero-order valence-electron chi connectivity index (χ0n) is 12.8. The molecule has 2 fully saturated rings. The second-order valence-corrected chi connectivity index (χ2v) is 6.26. The van der Waals surface area contributed by atoms with E-state index in [1.54, 1.807) is 12.0 Å². The predicted molar refractivity (Wildman–Crippen MR) is 82.2 cm³/mol. The van der Waals surface area contributed by atoms with Crippen molar-refractivity contribution < 1.29 is 14.3 Å². The van der Waals surface area contributed by atoms with Crippen LogP contribution in [0.2, 0.25) is 0 Å². The summed E-state index contributed by atoms with van der Waals surface area (Å²) in [4.78, 5) is 28.0. The smallest absolute Gasteiger partial charge is 0.228 e. The highest BCUT2D eigenvalue weighted by molar-refractivity contribution is 5.89. The number of nitrogens with two attached hydrogens (primary N) is 1. The number of nitrogens with zero attached hydrogens (tertiary/aromatic N) is 2. The van der Waals surface area contributed by atoms with E-state index in [1.807, 2.05) is 4.90 Å². The van der Waals surface area contributed by atoms with Gasteiger partial charge in [0, 0.05) is 39.7 Å². The largest absolute Gasteiger partial charge is 0.383 e. The Bertz CT molecular complexity index is 394. The average molecular weight is 320 g/mol. The van der Waals surface area contributed by atoms with Gasteiger partial charge >= 0.3 is 0 Å². The fraction of sp³-hybridized carbons (Fsp3) is 0.857. The molecule has 0 bridgehead atoms. The first-order valence-electron chi connectivity index (χ1n) is 7.24. The molecule has 2 heterocycles. The summed E-state index contributed by atoms with van der Waals surface area (Å²) in [6.45, 7) is 5.80. The number of amides is 2. The lowest BCUT2D eigenvalue weighted by Crippen LogP contribution is -2.38. The van der Waals surface area contributed by atoms with Crippen LogP contribution < -0.4 is 5.73 Å². The van der Waals surface area contributed by atoms with Gasteiger partial charge in [-0.1, -0.05) is 6.92 Å². The minimum atomic E-state index is -0.195. The van der Waals surface area contributed by atoms with E-state index < -0.39 is 0 Å². The quantitative estimate of drug-likeness (QED) is 0.780. The number of carbonyl (C=O) groups is 2. The second-order valence-electron chi connectivity index (χ2n) is 6.26. The van der Waals surface area contributed by atoms with Crippen molar-refractivity contribution in [3.63, 3.8) is 0 Å². The van der Waals surface area contributed by atoms with Crippen molar-refractivity contribution in [2.75, 3.05) is 46.4 Å². The fourth-order valence-corrected chi connectivity index (χ4v) is 2.99. The molecular weight excluding hydrogens is 294 g/mol. The summed E-state index contributed by atoms with van der Waals surface area (Å²) in [5, 5.41) is 0. The van der Waals surface area contributed by atoms with E-state index in [1.165, 1.54) is 0 Å². The molecule has 2 rings (SSSR count). The van der Waals surface area contributed by atoms with Crippen LogP contribution >= 0.6 is 12.4 Å². The lowest BCUT2D eigenvalue weighted by atomic mass is 9.90. The third-order valence-electron chi connectivity index (χ3n) is 4.49. The normalized spacial score (nSPS) is 28.9. The number of likely N-dealkylation sites (tertiary alicyclic amines) is 2. The topological polar surface area (TPSA) is 75.9 Å². The Morgan fingerprint density at radius 2 is 2.24 bits per heavy atom. The van der Waals surface area contributed by atoms with Crippen LogP contribution in [-0.2, 0) is 14.3 Å². The van der Waals surface area contributed by atoms with Crippen molar-refractivity contribution >= 4 is 24.2 Å². The maximum atomic E-state index is 12.5. The number of hydrogen-bond donors (Lipinski definition) is 1. The molecule has 122 valence electrons. The number of halogens is 1. The molecule has 6 nitrogen and oxygen atoms in total. The van der Waals surface area contributed by atoms with Crippen molar-refractivity contribution in [2.24, 2.45) is 17.1 Å². The first-order valence-corrected chi connectivity index (χ1v) is 7.24. The summed E-state index contributed by atoms with van der Waals surface area (Å²) >= 11 is 0. The summed E-state index contributed by atoms with van der Waals surface area (Å²) in [7, 11) is 1.61. The summed E-state index contributed by atoms with van der Waals surface area (Å²) in [6.07, 6.45) is 1.28. The molecule has 0 aromatic heterocycles. The summed E-state index contributed by atoms with van der Waals surface area (Å²) in [6, 6.07) is 0. The van der Waals surface area contributed by atoms with E-state index in [0.29, 0.717) is 39.2 Å². The van der Waals surface area contributed by atoms with Gasteiger partial charge in [0.15, 0.2) is 0 Å². The maximum Gasteiger partial charge on any atom is 0.228 e. The van der Waals surface area contributed by atoms with Gasteiger partial charge < -0.3 is 20.3 Å². The van der Waals surface area contributed by atoms with E-state index in [9.17, 15) is 9.59 Å². The third kappa shape index (κ3) is 4.08. The Hall–Kier alpha value is -0.850. The predicted octanol–water partition coefficient (Wildman–Crippen LogP) is 0.100. The van der Waals surface area contributed by atoms with E-state index in [4.69, 9.17) is 10.5 Å². The summed E-state index contributed by atoms with van der Waals surface area (Å²) in [5.74, 6) is -0.0314. The average Bonchev–Trinajstić information content (AvgIpc) is 3.00. The molecule has 0 aliphatic carbocycles. The van der Waals surface area contributed by atoms with E-state index in [2.05, 4.69) is 6.92 Å². The van der Waals surface area contributed by atoms with Crippen molar-refractivity contribution in [2.45, 2.75) is 19.8 Å². The first-order chi connectivity index (χ1) is 9.49. The number of methoxy groups -OCH3 is 1. The molecule has 0 saturated carbocycles. The van der Waals surface area contributed by atoms with Gasteiger partial charge in [-0.05, 0) is 18.4 Å². The number of hydrogen-bond acceptors (Lipinski definition) is 4. The highest BCUT2D eigenvalue weighted by atomic mass is 35.5. The zero-order valence-corrected chi connectivity index (χ0v) is 13.7. The molecule has 2 amide bonds. The van der Waals surface area contributed by atoms with Crippen LogP contribution in [0.4, 0.5) is 0 Å². The molecule has 2 atom stereocenters. The number of rotatable bonds is 5. The third-order valence-corrected chi connectivity index (χ3v) is 4.49. The fourth-order valence-electron chi connectivity index (χ4n) is 2.99. The Balaban J connectivity index is 0.00000220. The molecule has 0 aromatic carbocycles. The molecule has 2 saturated heterocycles. The van der Waals surface area contributed by atoms with Gasteiger partial charge in [0.2, 0.25) is 11.8 Å². The zero-order chi connectivity index (χ0) is 14.8. The van der Waals surface area contributed by atoms with Crippen LogP contribution in [0, 0.1) is 11.3 Å². The van der Waals surface area contributed by atoms with Gasteiger partial charge in [0.25, 0.3) is 0 Å². The van der Waals surface area contributed by atoms with Crippen LogP contribution in [0.25, 0.3) is 0 Å². The number of carbonyl (C=O) groups excluding carboxylic acids is 2. The Morgan fingerprint density at radius 3 is 2.81 bits per heavy atom. The molecule has 0 aromatic rings. The number of ether oxygens (including phenoxy) is 1. The Labute approximate surface area is 132 Å².